The molecular weight excluding hydrogens is 659 g/mol. The van der Waals surface area contributed by atoms with Crippen LogP contribution in [0, 0.1) is 0 Å². The van der Waals surface area contributed by atoms with Crippen molar-refractivity contribution in [2.45, 2.75) is 180 Å². The molecule has 5 N–H and O–H groups in total. The fraction of sp³-hybridized carbons (Fsp3) is 0.738. The first-order chi connectivity index (χ1) is 24.9. The summed E-state index contributed by atoms with van der Waals surface area (Å²) in [5, 5.41) is 13.6. The fourth-order valence-electron chi connectivity index (χ4n) is 5.53. The van der Waals surface area contributed by atoms with E-state index in [0.29, 0.717) is 6.42 Å². The first-order valence-electron chi connectivity index (χ1n) is 20.4. The molecule has 0 saturated heterocycles. The minimum atomic E-state index is -4.34. The van der Waals surface area contributed by atoms with Gasteiger partial charge in [0.1, 0.15) is 0 Å². The number of carbonyl (C=O) groups excluding carboxylic acids is 1. The third-order valence-electron chi connectivity index (χ3n) is 8.60. The second-order valence-corrected chi connectivity index (χ2v) is 14.9. The number of amides is 1. The van der Waals surface area contributed by atoms with Gasteiger partial charge in [-0.25, -0.2) is 4.57 Å². The van der Waals surface area contributed by atoms with E-state index in [9.17, 15) is 19.4 Å². The summed E-state index contributed by atoms with van der Waals surface area (Å²) in [5.74, 6) is -0.212. The molecule has 0 aromatic rings. The van der Waals surface area contributed by atoms with E-state index in [0.717, 1.165) is 77.0 Å². The third kappa shape index (κ3) is 36.4. The number of allylic oxidation sites excluding steroid dienone is 9. The summed E-state index contributed by atoms with van der Waals surface area (Å²) in [6, 6.07) is -0.869. The van der Waals surface area contributed by atoms with E-state index in [1.165, 1.54) is 70.6 Å². The van der Waals surface area contributed by atoms with Crippen LogP contribution in [0.1, 0.15) is 168 Å². The average Bonchev–Trinajstić information content (AvgIpc) is 3.12. The monoisotopic (exact) mass is 737 g/mol. The van der Waals surface area contributed by atoms with E-state index in [1.807, 2.05) is 6.08 Å². The third-order valence-corrected chi connectivity index (χ3v) is 9.58. The predicted molar refractivity (Wildman–Crippen MR) is 217 cm³/mol. The number of phosphoric ester groups is 1. The molecule has 8 nitrogen and oxygen atoms in total. The minimum Gasteiger partial charge on any atom is -0.387 e. The Hall–Kier alpha value is -1.80. The number of aliphatic hydroxyl groups is 1. The topological polar surface area (TPSA) is 131 Å². The fourth-order valence-corrected chi connectivity index (χ4v) is 6.29. The van der Waals surface area contributed by atoms with Gasteiger partial charge in [0.2, 0.25) is 5.91 Å². The number of aliphatic hydroxyl groups excluding tert-OH is 1. The summed E-state index contributed by atoms with van der Waals surface area (Å²) < 4.78 is 22.1. The van der Waals surface area contributed by atoms with E-state index < -0.39 is 20.0 Å². The first-order valence-corrected chi connectivity index (χ1v) is 21.9. The van der Waals surface area contributed by atoms with Crippen LogP contribution in [0.15, 0.2) is 60.8 Å². The molecule has 3 atom stereocenters. The van der Waals surface area contributed by atoms with Gasteiger partial charge in [0, 0.05) is 13.0 Å². The zero-order valence-electron chi connectivity index (χ0n) is 32.6. The average molecular weight is 737 g/mol. The highest BCUT2D eigenvalue weighted by Gasteiger charge is 2.26. The summed E-state index contributed by atoms with van der Waals surface area (Å²) in [7, 11) is -4.34. The number of phosphoric acid groups is 1. The Kier molecular flexibility index (Phi) is 36.6. The van der Waals surface area contributed by atoms with Crippen LogP contribution in [0.25, 0.3) is 0 Å². The Labute approximate surface area is 313 Å². The van der Waals surface area contributed by atoms with E-state index in [4.69, 9.17) is 14.8 Å². The summed E-state index contributed by atoms with van der Waals surface area (Å²) in [6.45, 7) is 3.99. The molecule has 0 aliphatic heterocycles. The predicted octanol–water partition coefficient (Wildman–Crippen LogP) is 11.1. The van der Waals surface area contributed by atoms with Gasteiger partial charge in [-0.15, -0.1) is 0 Å². The van der Waals surface area contributed by atoms with E-state index in [-0.39, 0.29) is 25.7 Å². The molecule has 51 heavy (non-hydrogen) atoms. The normalized spacial score (nSPS) is 14.8. The van der Waals surface area contributed by atoms with Gasteiger partial charge in [0.15, 0.2) is 0 Å². The maximum atomic E-state index is 12.7. The molecule has 0 aromatic carbocycles. The Balaban J connectivity index is 4.29. The van der Waals surface area contributed by atoms with Crippen molar-refractivity contribution in [3.05, 3.63) is 60.8 Å². The van der Waals surface area contributed by atoms with Gasteiger partial charge in [-0.2, -0.15) is 0 Å². The molecule has 0 aromatic heterocycles. The molecule has 0 saturated carbocycles. The van der Waals surface area contributed by atoms with E-state index in [2.05, 4.69) is 67.8 Å². The molecule has 0 fully saturated rings. The highest BCUT2D eigenvalue weighted by Crippen LogP contribution is 2.43. The smallest absolute Gasteiger partial charge is 0.387 e. The number of carbonyl (C=O) groups is 1. The van der Waals surface area contributed by atoms with Crippen LogP contribution in [0.5, 0.6) is 0 Å². The van der Waals surface area contributed by atoms with Gasteiger partial charge in [-0.1, -0.05) is 164 Å². The molecule has 0 bridgehead atoms. The lowest BCUT2D eigenvalue weighted by molar-refractivity contribution is -0.123. The number of unbranched alkanes of at least 4 members (excludes halogenated alkanes) is 17. The maximum Gasteiger partial charge on any atom is 0.472 e. The van der Waals surface area contributed by atoms with Crippen LogP contribution < -0.4 is 11.1 Å². The number of nitrogens with two attached hydrogens (primary N) is 1. The molecule has 9 heteroatoms. The van der Waals surface area contributed by atoms with Crippen LogP contribution in [-0.2, 0) is 18.4 Å². The van der Waals surface area contributed by atoms with Crippen LogP contribution in [0.3, 0.4) is 0 Å². The standard InChI is InChI=1S/C42H77N2O6P/c1-3-5-7-9-11-13-15-17-18-19-20-21-22-24-26-28-30-32-34-36-42(46)44-40(39-50-51(47,48)49-38-37-43)41(45)35-33-31-29-27-25-23-16-14-12-10-8-6-4-2/h5,7,11,13,17-18,20-21,33,35,40-41,45H,3-4,6,8-10,12,14-16,19,22-32,34,36-39,43H2,1-2H3,(H,44,46)(H,47,48)/b7-5-,13-11-,18-17-,21-20-,35-33+. The number of hydrogen-bond acceptors (Lipinski definition) is 6. The lowest BCUT2D eigenvalue weighted by Gasteiger charge is -2.23. The highest BCUT2D eigenvalue weighted by molar-refractivity contribution is 7.47. The zero-order valence-corrected chi connectivity index (χ0v) is 33.5. The zero-order chi connectivity index (χ0) is 37.5. The van der Waals surface area contributed by atoms with Crippen molar-refractivity contribution in [3.63, 3.8) is 0 Å². The van der Waals surface area contributed by atoms with Crippen molar-refractivity contribution in [1.29, 1.82) is 0 Å². The van der Waals surface area contributed by atoms with Gasteiger partial charge in [-0.05, 0) is 57.8 Å². The summed E-state index contributed by atoms with van der Waals surface area (Å²) in [6.07, 6.45) is 46.9. The first kappa shape index (κ1) is 49.2. The van der Waals surface area contributed by atoms with Crippen molar-refractivity contribution in [2.75, 3.05) is 19.8 Å². The van der Waals surface area contributed by atoms with Gasteiger partial charge < -0.3 is 21.1 Å². The molecule has 0 spiro atoms. The van der Waals surface area contributed by atoms with Crippen LogP contribution in [-0.4, -0.2) is 47.8 Å². The van der Waals surface area contributed by atoms with Crippen LogP contribution in [0.4, 0.5) is 0 Å². The number of rotatable bonds is 37. The molecule has 1 amide bonds. The lowest BCUT2D eigenvalue weighted by atomic mass is 10.0. The van der Waals surface area contributed by atoms with Gasteiger partial charge >= 0.3 is 7.82 Å². The minimum absolute atomic E-state index is 0.0732. The second kappa shape index (κ2) is 37.9. The van der Waals surface area contributed by atoms with E-state index in [1.54, 1.807) is 6.08 Å². The summed E-state index contributed by atoms with van der Waals surface area (Å²) >= 11 is 0. The van der Waals surface area contributed by atoms with Gasteiger partial charge in [-0.3, -0.25) is 13.8 Å². The Morgan fingerprint density at radius 2 is 1.14 bits per heavy atom. The molecular formula is C42H77N2O6P. The van der Waals surface area contributed by atoms with Gasteiger partial charge in [0.05, 0.1) is 25.4 Å². The van der Waals surface area contributed by atoms with Crippen molar-refractivity contribution >= 4 is 13.7 Å². The van der Waals surface area contributed by atoms with Crippen molar-refractivity contribution < 1.29 is 28.4 Å². The molecule has 0 aliphatic carbocycles. The molecule has 0 heterocycles. The number of nitrogens with one attached hydrogen (secondary N) is 1. The molecule has 0 radical (unpaired) electrons. The van der Waals surface area contributed by atoms with Crippen molar-refractivity contribution in [3.8, 4) is 0 Å². The largest absolute Gasteiger partial charge is 0.472 e. The quantitative estimate of drug-likeness (QED) is 0.0284. The van der Waals surface area contributed by atoms with Crippen molar-refractivity contribution in [2.24, 2.45) is 5.73 Å². The lowest BCUT2D eigenvalue weighted by Crippen LogP contribution is -2.45. The SMILES string of the molecule is CC/C=C\C/C=C\C/C=C\C/C=C\CCCCCCCCC(=O)NC(COP(=O)(O)OCCN)C(O)/C=C/CCCCCCCCCCCCC. The van der Waals surface area contributed by atoms with Crippen LogP contribution >= 0.6 is 7.82 Å². The molecule has 3 unspecified atom stereocenters. The summed E-state index contributed by atoms with van der Waals surface area (Å²) in [4.78, 5) is 22.6. The van der Waals surface area contributed by atoms with Crippen molar-refractivity contribution in [1.82, 2.24) is 5.32 Å². The van der Waals surface area contributed by atoms with Crippen LogP contribution in [0.2, 0.25) is 0 Å². The number of hydrogen-bond donors (Lipinski definition) is 4. The Bertz CT molecular complexity index is 980. The Morgan fingerprint density at radius 3 is 1.67 bits per heavy atom. The molecule has 0 rings (SSSR count). The van der Waals surface area contributed by atoms with E-state index >= 15 is 0 Å². The maximum absolute atomic E-state index is 12.7. The molecule has 296 valence electrons. The summed E-state index contributed by atoms with van der Waals surface area (Å²) in [5.41, 5.74) is 5.36. The second-order valence-electron chi connectivity index (χ2n) is 13.5. The van der Waals surface area contributed by atoms with Gasteiger partial charge in [0.25, 0.3) is 0 Å². The molecule has 0 aliphatic rings. The highest BCUT2D eigenvalue weighted by atomic mass is 31.2. The Morgan fingerprint density at radius 1 is 0.667 bits per heavy atom.